The Hall–Kier alpha value is -1.33. The number of ether oxygens (including phenoxy) is 10. The standard InChI is InChI=1S/C40H80O22/c1-2-3-4-5-6-7-8-9-40(52)62-29-39(51)28-61-27-38(50)26-60-25-37(49)24-59-23-36(48)22-58-21-35(47)20-57-19-34(46)18-56-17-33(45)16-55-15-32(44)14-54-13-31(43)12-53-11-30(42)10-41/h30-39,41-51H,2-29H2,1H3. The highest BCUT2D eigenvalue weighted by molar-refractivity contribution is 5.69. The minimum atomic E-state index is -1.06. The molecule has 372 valence electrons. The second kappa shape index (κ2) is 42.3. The Morgan fingerprint density at radius 1 is 0.323 bits per heavy atom. The smallest absolute Gasteiger partial charge is 0.305 e. The fourth-order valence-corrected chi connectivity index (χ4v) is 5.03. The number of hydrogen-bond acceptors (Lipinski definition) is 22. The minimum Gasteiger partial charge on any atom is -0.463 e. The van der Waals surface area contributed by atoms with Crippen molar-refractivity contribution in [3.8, 4) is 0 Å². The van der Waals surface area contributed by atoms with Crippen molar-refractivity contribution in [3.05, 3.63) is 0 Å². The Morgan fingerprint density at radius 3 is 0.774 bits per heavy atom. The van der Waals surface area contributed by atoms with E-state index in [1.807, 2.05) is 0 Å². The summed E-state index contributed by atoms with van der Waals surface area (Å²) in [6.07, 6.45) is -2.50. The van der Waals surface area contributed by atoms with Crippen LogP contribution >= 0.6 is 0 Å². The highest BCUT2D eigenvalue weighted by Gasteiger charge is 2.16. The molecule has 0 bridgehead atoms. The third-order valence-corrected chi connectivity index (χ3v) is 8.22. The topological polar surface area (TPSA) is 332 Å². The van der Waals surface area contributed by atoms with Crippen LogP contribution in [0.5, 0.6) is 0 Å². The SMILES string of the molecule is CCCCCCCCCC(=O)OCC(O)COCC(O)COCC(O)COCC(O)COCC(O)COCC(O)COCC(O)COCC(O)COCC(O)COCC(O)CO. The lowest BCUT2D eigenvalue weighted by Crippen LogP contribution is -2.32. The van der Waals surface area contributed by atoms with Crippen LogP contribution in [0.25, 0.3) is 0 Å². The lowest BCUT2D eigenvalue weighted by atomic mass is 10.1. The number of aliphatic hydroxyl groups is 11. The zero-order valence-electron chi connectivity index (χ0n) is 36.5. The van der Waals surface area contributed by atoms with Gasteiger partial charge in [0.25, 0.3) is 0 Å². The van der Waals surface area contributed by atoms with E-state index >= 15 is 0 Å². The van der Waals surface area contributed by atoms with Gasteiger partial charge in [0.2, 0.25) is 0 Å². The lowest BCUT2D eigenvalue weighted by molar-refractivity contribution is -0.148. The van der Waals surface area contributed by atoms with E-state index in [2.05, 4.69) is 6.92 Å². The van der Waals surface area contributed by atoms with Gasteiger partial charge in [0.05, 0.1) is 126 Å². The summed E-state index contributed by atoms with van der Waals surface area (Å²) in [5, 5.41) is 108. The van der Waals surface area contributed by atoms with Crippen molar-refractivity contribution in [3.63, 3.8) is 0 Å². The number of rotatable bonds is 47. The number of esters is 1. The fourth-order valence-electron chi connectivity index (χ4n) is 5.03. The molecular weight excluding hydrogens is 832 g/mol. The zero-order chi connectivity index (χ0) is 46.2. The van der Waals surface area contributed by atoms with Crippen LogP contribution in [0, 0.1) is 0 Å². The largest absolute Gasteiger partial charge is 0.463 e. The van der Waals surface area contributed by atoms with Crippen molar-refractivity contribution in [2.45, 2.75) is 119 Å². The molecule has 0 aromatic rings. The predicted octanol–water partition coefficient (Wildman–Crippen LogP) is -3.58. The molecule has 0 radical (unpaired) electrons. The van der Waals surface area contributed by atoms with Crippen LogP contribution in [0.1, 0.15) is 58.3 Å². The number of carbonyl (C=O) groups is 1. The van der Waals surface area contributed by atoms with Crippen LogP contribution in [0.3, 0.4) is 0 Å². The van der Waals surface area contributed by atoms with E-state index in [-0.39, 0.29) is 132 Å². The van der Waals surface area contributed by atoms with Crippen LogP contribution in [0.2, 0.25) is 0 Å². The van der Waals surface area contributed by atoms with Crippen molar-refractivity contribution in [1.82, 2.24) is 0 Å². The number of hydrogen-bond donors (Lipinski definition) is 11. The lowest BCUT2D eigenvalue weighted by Gasteiger charge is -2.18. The minimum absolute atomic E-state index is 0.126. The fraction of sp³-hybridized carbons (Fsp3) is 0.975. The molecule has 11 N–H and O–H groups in total. The number of aliphatic hydroxyl groups excluding tert-OH is 11. The van der Waals surface area contributed by atoms with Crippen LogP contribution in [0.15, 0.2) is 0 Å². The van der Waals surface area contributed by atoms with E-state index in [9.17, 15) is 50.8 Å². The third-order valence-electron chi connectivity index (χ3n) is 8.22. The summed E-state index contributed by atoms with van der Waals surface area (Å²) in [5.74, 6) is -0.366. The summed E-state index contributed by atoms with van der Waals surface area (Å²) < 4.78 is 51.9. The maximum atomic E-state index is 11.8. The Bertz CT molecular complexity index is 973. The molecular formula is C40H80O22. The molecule has 0 spiro atoms. The Morgan fingerprint density at radius 2 is 0.532 bits per heavy atom. The molecule has 22 heteroatoms. The quantitative estimate of drug-likeness (QED) is 0.0208. The second-order valence-corrected chi connectivity index (χ2v) is 15.1. The molecule has 0 rings (SSSR count). The van der Waals surface area contributed by atoms with Crippen molar-refractivity contribution >= 4 is 5.97 Å². The van der Waals surface area contributed by atoms with Gasteiger partial charge in [-0.1, -0.05) is 45.4 Å². The molecule has 22 nitrogen and oxygen atoms in total. The van der Waals surface area contributed by atoms with Crippen molar-refractivity contribution in [1.29, 1.82) is 0 Å². The molecule has 10 atom stereocenters. The van der Waals surface area contributed by atoms with E-state index in [1.54, 1.807) is 0 Å². The van der Waals surface area contributed by atoms with Gasteiger partial charge in [-0.3, -0.25) is 4.79 Å². The van der Waals surface area contributed by atoms with E-state index in [4.69, 9.17) is 57.6 Å². The summed E-state index contributed by atoms with van der Waals surface area (Å²) in [6, 6.07) is 0. The molecule has 0 aliphatic carbocycles. The second-order valence-electron chi connectivity index (χ2n) is 15.1. The first kappa shape index (κ1) is 60.7. The third kappa shape index (κ3) is 41.4. The monoisotopic (exact) mass is 913 g/mol. The first-order valence-electron chi connectivity index (χ1n) is 21.5. The van der Waals surface area contributed by atoms with Gasteiger partial charge >= 0.3 is 5.97 Å². The summed E-state index contributed by atoms with van der Waals surface area (Å²) in [5.41, 5.74) is 0. The van der Waals surface area contributed by atoms with Gasteiger partial charge < -0.3 is 104 Å². The molecule has 0 saturated heterocycles. The van der Waals surface area contributed by atoms with Crippen LogP contribution in [-0.4, -0.2) is 255 Å². The number of carbonyl (C=O) groups excluding carboxylic acids is 1. The highest BCUT2D eigenvalue weighted by Crippen LogP contribution is 2.09. The van der Waals surface area contributed by atoms with Gasteiger partial charge in [-0.2, -0.15) is 0 Å². The van der Waals surface area contributed by atoms with E-state index in [1.165, 1.54) is 25.7 Å². The van der Waals surface area contributed by atoms with Gasteiger partial charge in [-0.05, 0) is 6.42 Å². The van der Waals surface area contributed by atoms with Gasteiger partial charge in [0.1, 0.15) is 67.6 Å². The predicted molar refractivity (Wildman–Crippen MR) is 218 cm³/mol. The maximum absolute atomic E-state index is 11.8. The molecule has 10 unspecified atom stereocenters. The van der Waals surface area contributed by atoms with Crippen molar-refractivity contribution < 1.29 is 108 Å². The molecule has 0 aromatic heterocycles. The average molecular weight is 913 g/mol. The summed E-state index contributed by atoms with van der Waals surface area (Å²) >= 11 is 0. The van der Waals surface area contributed by atoms with Crippen molar-refractivity contribution in [2.75, 3.05) is 132 Å². The zero-order valence-corrected chi connectivity index (χ0v) is 36.5. The first-order chi connectivity index (χ1) is 29.7. The van der Waals surface area contributed by atoms with E-state index < -0.39 is 67.6 Å². The first-order valence-corrected chi connectivity index (χ1v) is 21.5. The molecule has 0 amide bonds. The van der Waals surface area contributed by atoms with E-state index in [0.717, 1.165) is 19.3 Å². The average Bonchev–Trinajstić information content (AvgIpc) is 3.22. The summed E-state index contributed by atoms with van der Waals surface area (Å²) in [4.78, 5) is 11.8. The Balaban J connectivity index is 3.75. The molecule has 0 aromatic carbocycles. The highest BCUT2D eigenvalue weighted by atomic mass is 16.6. The molecule has 0 fully saturated rings. The van der Waals surface area contributed by atoms with Crippen molar-refractivity contribution in [2.24, 2.45) is 0 Å². The summed E-state index contributed by atoms with van der Waals surface area (Å²) in [7, 11) is 0. The Kier molecular flexibility index (Phi) is 41.4. The summed E-state index contributed by atoms with van der Waals surface area (Å²) in [6.45, 7) is -1.40. The maximum Gasteiger partial charge on any atom is 0.305 e. The van der Waals surface area contributed by atoms with Crippen LogP contribution < -0.4 is 0 Å². The van der Waals surface area contributed by atoms with E-state index in [0.29, 0.717) is 6.42 Å². The van der Waals surface area contributed by atoms with Crippen LogP contribution in [-0.2, 0) is 52.2 Å². The van der Waals surface area contributed by atoms with Gasteiger partial charge in [0, 0.05) is 6.42 Å². The molecule has 62 heavy (non-hydrogen) atoms. The molecule has 0 heterocycles. The van der Waals surface area contributed by atoms with Crippen LogP contribution in [0.4, 0.5) is 0 Å². The molecule has 0 saturated carbocycles. The van der Waals surface area contributed by atoms with Gasteiger partial charge in [0.15, 0.2) is 0 Å². The van der Waals surface area contributed by atoms with Gasteiger partial charge in [-0.25, -0.2) is 0 Å². The Labute approximate surface area is 365 Å². The molecule has 0 aliphatic heterocycles. The van der Waals surface area contributed by atoms with Gasteiger partial charge in [-0.15, -0.1) is 0 Å². The normalized spacial score (nSPS) is 16.9. The molecule has 0 aliphatic rings. The number of unbranched alkanes of at least 4 members (excludes halogenated alkanes) is 6.